The maximum Gasteiger partial charge on any atom is 0.242 e. The molecule has 3 rings (SSSR count). The van der Waals surface area contributed by atoms with Crippen molar-refractivity contribution in [2.24, 2.45) is 0 Å². The van der Waals surface area contributed by atoms with Crippen LogP contribution >= 0.6 is 23.1 Å². The third kappa shape index (κ3) is 2.65. The fraction of sp³-hybridized carbons (Fsp3) is 0.538. The van der Waals surface area contributed by atoms with Gasteiger partial charge in [0.05, 0.1) is 17.7 Å². The molecule has 2 aliphatic rings. The summed E-state index contributed by atoms with van der Waals surface area (Å²) in [5, 5.41) is 2.05. The SMILES string of the molecule is O=C1CSCN1CC(=O)N1CCC[C@H]1c1cccs1. The fourth-order valence-electron chi connectivity index (χ4n) is 2.64. The van der Waals surface area contributed by atoms with E-state index in [0.29, 0.717) is 11.6 Å². The van der Waals surface area contributed by atoms with Crippen LogP contribution < -0.4 is 0 Å². The molecule has 0 aliphatic carbocycles. The predicted octanol–water partition coefficient (Wildman–Crippen LogP) is 1.94. The standard InChI is InChI=1S/C13H16N2O2S2/c16-12(7-14-9-18-8-13(14)17)15-5-1-3-10(15)11-4-2-6-19-11/h2,4,6,10H,1,3,5,7-9H2/t10-/m0/s1. The van der Waals surface area contributed by atoms with Gasteiger partial charge in [-0.25, -0.2) is 0 Å². The van der Waals surface area contributed by atoms with Crippen LogP contribution in [0.2, 0.25) is 0 Å². The van der Waals surface area contributed by atoms with Crippen molar-refractivity contribution in [2.45, 2.75) is 18.9 Å². The van der Waals surface area contributed by atoms with Gasteiger partial charge in [0, 0.05) is 11.4 Å². The van der Waals surface area contributed by atoms with Crippen LogP contribution in [0.4, 0.5) is 0 Å². The van der Waals surface area contributed by atoms with E-state index >= 15 is 0 Å². The lowest BCUT2D eigenvalue weighted by molar-refractivity contribution is -0.138. The Hall–Kier alpha value is -1.01. The van der Waals surface area contributed by atoms with Crippen molar-refractivity contribution >= 4 is 34.9 Å². The van der Waals surface area contributed by atoms with Gasteiger partial charge < -0.3 is 9.80 Å². The summed E-state index contributed by atoms with van der Waals surface area (Å²) in [4.78, 5) is 28.8. The highest BCUT2D eigenvalue weighted by Crippen LogP contribution is 2.34. The molecule has 1 aromatic heterocycles. The quantitative estimate of drug-likeness (QED) is 0.856. The third-order valence-electron chi connectivity index (χ3n) is 3.60. The molecule has 4 nitrogen and oxygen atoms in total. The average molecular weight is 296 g/mol. The molecule has 1 atom stereocenters. The molecule has 2 saturated heterocycles. The van der Waals surface area contributed by atoms with Crippen molar-refractivity contribution in [2.75, 3.05) is 24.7 Å². The zero-order chi connectivity index (χ0) is 13.2. The zero-order valence-electron chi connectivity index (χ0n) is 10.6. The minimum absolute atomic E-state index is 0.0882. The van der Waals surface area contributed by atoms with E-state index in [-0.39, 0.29) is 24.4 Å². The molecule has 2 amide bonds. The highest BCUT2D eigenvalue weighted by molar-refractivity contribution is 8.00. The van der Waals surface area contributed by atoms with Gasteiger partial charge >= 0.3 is 0 Å². The van der Waals surface area contributed by atoms with Crippen molar-refractivity contribution in [3.05, 3.63) is 22.4 Å². The van der Waals surface area contributed by atoms with Crippen LogP contribution in [0.25, 0.3) is 0 Å². The molecule has 0 unspecified atom stereocenters. The Morgan fingerprint density at radius 1 is 1.47 bits per heavy atom. The fourth-order valence-corrected chi connectivity index (χ4v) is 4.41. The molecule has 6 heteroatoms. The first kappa shape index (κ1) is 13.0. The van der Waals surface area contributed by atoms with E-state index in [4.69, 9.17) is 0 Å². The van der Waals surface area contributed by atoms with Gasteiger partial charge in [-0.15, -0.1) is 23.1 Å². The third-order valence-corrected chi connectivity index (χ3v) is 5.52. The van der Waals surface area contributed by atoms with Gasteiger partial charge in [0.1, 0.15) is 6.54 Å². The summed E-state index contributed by atoms with van der Waals surface area (Å²) >= 11 is 3.29. The van der Waals surface area contributed by atoms with E-state index in [1.165, 1.54) is 4.88 Å². The largest absolute Gasteiger partial charge is 0.333 e. The molecule has 1 aromatic rings. The maximum atomic E-state index is 12.4. The Kier molecular flexibility index (Phi) is 3.79. The van der Waals surface area contributed by atoms with Gasteiger partial charge in [-0.1, -0.05) is 6.07 Å². The summed E-state index contributed by atoms with van der Waals surface area (Å²) in [6.07, 6.45) is 2.09. The summed E-state index contributed by atoms with van der Waals surface area (Å²) in [7, 11) is 0. The van der Waals surface area contributed by atoms with Crippen LogP contribution in [0.3, 0.4) is 0 Å². The number of rotatable bonds is 3. The highest BCUT2D eigenvalue weighted by Gasteiger charge is 2.32. The monoisotopic (exact) mass is 296 g/mol. The van der Waals surface area contributed by atoms with Gasteiger partial charge in [-0.05, 0) is 24.3 Å². The number of likely N-dealkylation sites (tertiary alicyclic amines) is 1. The van der Waals surface area contributed by atoms with Crippen LogP contribution in [0, 0.1) is 0 Å². The number of carbonyl (C=O) groups is 2. The smallest absolute Gasteiger partial charge is 0.242 e. The Morgan fingerprint density at radius 2 is 2.37 bits per heavy atom. The van der Waals surface area contributed by atoms with Gasteiger partial charge in [-0.2, -0.15) is 0 Å². The first-order valence-electron chi connectivity index (χ1n) is 6.44. The molecular weight excluding hydrogens is 280 g/mol. The first-order chi connectivity index (χ1) is 9.25. The van der Waals surface area contributed by atoms with E-state index in [2.05, 4.69) is 11.4 Å². The summed E-state index contributed by atoms with van der Waals surface area (Å²) in [6, 6.07) is 4.34. The minimum atomic E-state index is 0.0882. The van der Waals surface area contributed by atoms with Crippen molar-refractivity contribution < 1.29 is 9.59 Å². The number of thioether (sulfide) groups is 1. The number of thiophene rings is 1. The molecule has 102 valence electrons. The molecule has 2 aliphatic heterocycles. The van der Waals surface area contributed by atoms with Gasteiger partial charge in [-0.3, -0.25) is 9.59 Å². The second kappa shape index (κ2) is 5.54. The molecule has 0 N–H and O–H groups in total. The van der Waals surface area contributed by atoms with Gasteiger partial charge in [0.25, 0.3) is 0 Å². The van der Waals surface area contributed by atoms with E-state index in [0.717, 1.165) is 19.4 Å². The first-order valence-corrected chi connectivity index (χ1v) is 8.47. The molecule has 3 heterocycles. The van der Waals surface area contributed by atoms with Crippen LogP contribution in [0.5, 0.6) is 0 Å². The maximum absolute atomic E-state index is 12.4. The number of carbonyl (C=O) groups excluding carboxylic acids is 2. The molecule has 0 saturated carbocycles. The average Bonchev–Trinajstić information content (AvgIpc) is 3.09. The lowest BCUT2D eigenvalue weighted by atomic mass is 10.2. The molecule has 0 bridgehead atoms. The van der Waals surface area contributed by atoms with Crippen molar-refractivity contribution in [1.29, 1.82) is 0 Å². The van der Waals surface area contributed by atoms with E-state index < -0.39 is 0 Å². The Labute approximate surface area is 120 Å². The summed E-state index contributed by atoms with van der Waals surface area (Å²) in [5.41, 5.74) is 0. The van der Waals surface area contributed by atoms with Crippen molar-refractivity contribution in [1.82, 2.24) is 9.80 Å². The van der Waals surface area contributed by atoms with Gasteiger partial charge in [0.15, 0.2) is 0 Å². The zero-order valence-corrected chi connectivity index (χ0v) is 12.2. The van der Waals surface area contributed by atoms with Crippen LogP contribution in [-0.4, -0.2) is 46.3 Å². The molecule has 0 spiro atoms. The van der Waals surface area contributed by atoms with E-state index in [9.17, 15) is 9.59 Å². The lowest BCUT2D eigenvalue weighted by Gasteiger charge is -2.26. The molecule has 0 aromatic carbocycles. The number of nitrogens with zero attached hydrogens (tertiary/aromatic N) is 2. The summed E-state index contributed by atoms with van der Waals surface area (Å²) in [6.45, 7) is 1.06. The van der Waals surface area contributed by atoms with Crippen LogP contribution in [-0.2, 0) is 9.59 Å². The summed E-state index contributed by atoms with van der Waals surface area (Å²) < 4.78 is 0. The summed E-state index contributed by atoms with van der Waals surface area (Å²) in [5.74, 6) is 1.35. The Balaban J connectivity index is 1.67. The highest BCUT2D eigenvalue weighted by atomic mass is 32.2. The minimum Gasteiger partial charge on any atom is -0.333 e. The second-order valence-electron chi connectivity index (χ2n) is 4.83. The molecule has 2 fully saturated rings. The number of amides is 2. The number of hydrogen-bond acceptors (Lipinski definition) is 4. The van der Waals surface area contributed by atoms with Gasteiger partial charge in [0.2, 0.25) is 11.8 Å². The topological polar surface area (TPSA) is 40.6 Å². The Bertz CT molecular complexity index is 475. The van der Waals surface area contributed by atoms with Crippen LogP contribution in [0.1, 0.15) is 23.8 Å². The number of hydrogen-bond donors (Lipinski definition) is 0. The normalized spacial score (nSPS) is 23.4. The molecule has 0 radical (unpaired) electrons. The lowest BCUT2D eigenvalue weighted by Crippen LogP contribution is -2.40. The second-order valence-corrected chi connectivity index (χ2v) is 6.76. The molecular formula is C13H16N2O2S2. The molecule has 19 heavy (non-hydrogen) atoms. The van der Waals surface area contributed by atoms with Crippen LogP contribution in [0.15, 0.2) is 17.5 Å². The van der Waals surface area contributed by atoms with E-state index in [1.807, 2.05) is 11.0 Å². The predicted molar refractivity (Wildman–Crippen MR) is 77.0 cm³/mol. The Morgan fingerprint density at radius 3 is 3.05 bits per heavy atom. The van der Waals surface area contributed by atoms with Crippen molar-refractivity contribution in [3.63, 3.8) is 0 Å². The van der Waals surface area contributed by atoms with E-state index in [1.54, 1.807) is 28.0 Å². The van der Waals surface area contributed by atoms with Crippen molar-refractivity contribution in [3.8, 4) is 0 Å².